The Morgan fingerprint density at radius 2 is 1.61 bits per heavy atom. The summed E-state index contributed by atoms with van der Waals surface area (Å²) in [6.07, 6.45) is 7.50. The molecule has 0 aliphatic carbocycles. The second-order valence-corrected chi connectivity index (χ2v) is 11.0. The lowest BCUT2D eigenvalue weighted by Gasteiger charge is -2.32. The molecule has 2 fully saturated rings. The molecule has 41 heavy (non-hydrogen) atoms. The van der Waals surface area contributed by atoms with Crippen molar-refractivity contribution >= 4 is 11.7 Å². The van der Waals surface area contributed by atoms with E-state index in [0.717, 1.165) is 63.4 Å². The fraction of sp³-hybridized carbons (Fsp3) is 0.469. The molecule has 2 aliphatic heterocycles. The van der Waals surface area contributed by atoms with Gasteiger partial charge in [0.1, 0.15) is 18.9 Å². The number of ether oxygens (including phenoxy) is 1. The van der Waals surface area contributed by atoms with Crippen LogP contribution in [0.2, 0.25) is 0 Å². The van der Waals surface area contributed by atoms with Crippen molar-refractivity contribution in [1.29, 1.82) is 0 Å². The first-order chi connectivity index (χ1) is 20.1. The first-order valence-corrected chi connectivity index (χ1v) is 14.9. The second-order valence-electron chi connectivity index (χ2n) is 11.0. The van der Waals surface area contributed by atoms with Gasteiger partial charge in [-0.25, -0.2) is 4.98 Å². The number of nitrogens with one attached hydrogen (secondary N) is 1. The van der Waals surface area contributed by atoms with Gasteiger partial charge >= 0.3 is 0 Å². The zero-order chi connectivity index (χ0) is 28.3. The molecule has 2 saturated heterocycles. The summed E-state index contributed by atoms with van der Waals surface area (Å²) in [5, 5.41) is 3.36. The van der Waals surface area contributed by atoms with Crippen molar-refractivity contribution in [3.8, 4) is 5.75 Å². The SMILES string of the molecule is O=C(Cn1ccnc(NC2CCN(CCOc3ccccc3)CC2)c1=O)N(CCN1CCCC1)Cc1ccccc1. The topological polar surface area (TPSA) is 82.9 Å². The van der Waals surface area contributed by atoms with Gasteiger partial charge in [-0.15, -0.1) is 0 Å². The quantitative estimate of drug-likeness (QED) is 0.345. The molecule has 0 saturated carbocycles. The molecule has 9 nitrogen and oxygen atoms in total. The molecule has 1 N–H and O–H groups in total. The Bertz CT molecular complexity index is 1270. The van der Waals surface area contributed by atoms with Crippen molar-refractivity contribution in [3.05, 3.63) is 89.0 Å². The molecule has 0 atom stereocenters. The normalized spacial score (nSPS) is 16.5. The largest absolute Gasteiger partial charge is 0.492 e. The average Bonchev–Trinajstić information content (AvgIpc) is 3.53. The van der Waals surface area contributed by atoms with Crippen LogP contribution in [0.15, 0.2) is 77.9 Å². The van der Waals surface area contributed by atoms with Crippen LogP contribution in [-0.2, 0) is 17.9 Å². The molecule has 0 unspecified atom stereocenters. The van der Waals surface area contributed by atoms with E-state index < -0.39 is 0 Å². The number of rotatable bonds is 13. The summed E-state index contributed by atoms with van der Waals surface area (Å²) in [6, 6.07) is 20.1. The number of likely N-dealkylation sites (tertiary alicyclic amines) is 2. The van der Waals surface area contributed by atoms with Crippen LogP contribution in [0, 0.1) is 0 Å². The third kappa shape index (κ3) is 8.65. The number of anilines is 1. The van der Waals surface area contributed by atoms with Gasteiger partial charge in [0, 0.05) is 57.7 Å². The van der Waals surface area contributed by atoms with Crippen LogP contribution in [0.1, 0.15) is 31.2 Å². The molecule has 1 amide bonds. The molecular formula is C32H42N6O3. The third-order valence-corrected chi connectivity index (χ3v) is 8.02. The number of para-hydroxylation sites is 1. The lowest BCUT2D eigenvalue weighted by Crippen LogP contribution is -2.43. The molecule has 2 aliphatic rings. The second kappa shape index (κ2) is 14.8. The smallest absolute Gasteiger partial charge is 0.293 e. The Morgan fingerprint density at radius 1 is 0.927 bits per heavy atom. The highest BCUT2D eigenvalue weighted by Gasteiger charge is 2.22. The monoisotopic (exact) mass is 558 g/mol. The van der Waals surface area contributed by atoms with Gasteiger partial charge in [0.25, 0.3) is 5.56 Å². The summed E-state index contributed by atoms with van der Waals surface area (Å²) in [5.74, 6) is 1.15. The summed E-state index contributed by atoms with van der Waals surface area (Å²) in [7, 11) is 0. The van der Waals surface area contributed by atoms with Crippen molar-refractivity contribution in [2.45, 2.75) is 44.8 Å². The first-order valence-electron chi connectivity index (χ1n) is 14.9. The van der Waals surface area contributed by atoms with E-state index in [4.69, 9.17) is 4.74 Å². The van der Waals surface area contributed by atoms with Gasteiger partial charge in [0.2, 0.25) is 5.91 Å². The fourth-order valence-corrected chi connectivity index (χ4v) is 5.58. The summed E-state index contributed by atoms with van der Waals surface area (Å²) in [6.45, 7) is 7.61. The van der Waals surface area contributed by atoms with Gasteiger partial charge in [-0.2, -0.15) is 0 Å². The van der Waals surface area contributed by atoms with Crippen molar-refractivity contribution in [2.24, 2.45) is 0 Å². The number of piperidine rings is 1. The van der Waals surface area contributed by atoms with E-state index in [9.17, 15) is 9.59 Å². The predicted molar refractivity (Wildman–Crippen MR) is 161 cm³/mol. The van der Waals surface area contributed by atoms with Crippen LogP contribution < -0.4 is 15.6 Å². The van der Waals surface area contributed by atoms with E-state index in [-0.39, 0.29) is 24.1 Å². The van der Waals surface area contributed by atoms with Crippen LogP contribution >= 0.6 is 0 Å². The molecule has 9 heteroatoms. The molecule has 1 aromatic heterocycles. The number of carbonyl (C=O) groups is 1. The van der Waals surface area contributed by atoms with E-state index in [1.165, 1.54) is 17.4 Å². The Morgan fingerprint density at radius 3 is 2.34 bits per heavy atom. The van der Waals surface area contributed by atoms with Crippen LogP contribution in [0.3, 0.4) is 0 Å². The highest BCUT2D eigenvalue weighted by atomic mass is 16.5. The zero-order valence-corrected chi connectivity index (χ0v) is 23.9. The fourth-order valence-electron chi connectivity index (χ4n) is 5.58. The number of amides is 1. The van der Waals surface area contributed by atoms with Gasteiger partial charge in [0.15, 0.2) is 5.82 Å². The molecule has 3 aromatic rings. The van der Waals surface area contributed by atoms with Crippen LogP contribution in [0.5, 0.6) is 5.75 Å². The third-order valence-electron chi connectivity index (χ3n) is 8.02. The van der Waals surface area contributed by atoms with E-state index in [1.807, 2.05) is 65.6 Å². The lowest BCUT2D eigenvalue weighted by molar-refractivity contribution is -0.132. The molecule has 5 rings (SSSR count). The van der Waals surface area contributed by atoms with Gasteiger partial charge in [-0.05, 0) is 56.5 Å². The average molecular weight is 559 g/mol. The van der Waals surface area contributed by atoms with Crippen molar-refractivity contribution in [3.63, 3.8) is 0 Å². The van der Waals surface area contributed by atoms with E-state index in [1.54, 1.807) is 12.4 Å². The van der Waals surface area contributed by atoms with Crippen LogP contribution in [0.25, 0.3) is 0 Å². The minimum atomic E-state index is -0.251. The first kappa shape index (κ1) is 28.8. The molecule has 3 heterocycles. The molecule has 0 spiro atoms. The molecule has 2 aromatic carbocycles. The van der Waals surface area contributed by atoms with Crippen molar-refractivity contribution in [2.75, 3.05) is 57.7 Å². The molecule has 0 radical (unpaired) electrons. The highest BCUT2D eigenvalue weighted by molar-refractivity contribution is 5.76. The van der Waals surface area contributed by atoms with Crippen LogP contribution in [0.4, 0.5) is 5.82 Å². The Labute approximate surface area is 242 Å². The Hall–Kier alpha value is -3.69. The molecule has 218 valence electrons. The minimum absolute atomic E-state index is 0.00270. The van der Waals surface area contributed by atoms with Crippen molar-refractivity contribution < 1.29 is 9.53 Å². The van der Waals surface area contributed by atoms with Gasteiger partial charge < -0.3 is 24.4 Å². The summed E-state index contributed by atoms with van der Waals surface area (Å²) in [4.78, 5) is 37.8. The van der Waals surface area contributed by atoms with Crippen LogP contribution in [-0.4, -0.2) is 88.6 Å². The molecular weight excluding hydrogens is 516 g/mol. The number of hydrogen-bond donors (Lipinski definition) is 1. The maximum atomic E-state index is 13.5. The lowest BCUT2D eigenvalue weighted by atomic mass is 10.1. The van der Waals surface area contributed by atoms with E-state index >= 15 is 0 Å². The predicted octanol–water partition coefficient (Wildman–Crippen LogP) is 3.32. The maximum absolute atomic E-state index is 13.5. The standard InChI is InChI=1S/C32H42N6O3/c39-30(37(22-21-35-16-7-8-17-35)25-27-9-3-1-4-10-27)26-38-20-15-33-31(32(38)40)34-28-13-18-36(19-14-28)23-24-41-29-11-5-2-6-12-29/h1-6,9-12,15,20,28H,7-8,13-14,16-19,21-26H2,(H,33,34). The maximum Gasteiger partial charge on any atom is 0.293 e. The van der Waals surface area contributed by atoms with E-state index in [0.29, 0.717) is 25.5 Å². The highest BCUT2D eigenvalue weighted by Crippen LogP contribution is 2.15. The van der Waals surface area contributed by atoms with Gasteiger partial charge in [0.05, 0.1) is 0 Å². The number of benzene rings is 2. The number of nitrogens with zero attached hydrogens (tertiary/aromatic N) is 5. The summed E-state index contributed by atoms with van der Waals surface area (Å²) in [5.41, 5.74) is 0.836. The van der Waals surface area contributed by atoms with Gasteiger partial charge in [-0.3, -0.25) is 14.5 Å². The van der Waals surface area contributed by atoms with E-state index in [2.05, 4.69) is 20.1 Å². The molecule has 0 bridgehead atoms. The summed E-state index contributed by atoms with van der Waals surface area (Å²) >= 11 is 0. The number of hydrogen-bond acceptors (Lipinski definition) is 7. The Balaban J connectivity index is 1.13. The van der Waals surface area contributed by atoms with Crippen molar-refractivity contribution in [1.82, 2.24) is 24.3 Å². The number of carbonyl (C=O) groups excluding carboxylic acids is 1. The Kier molecular flexibility index (Phi) is 10.4. The van der Waals surface area contributed by atoms with Gasteiger partial charge in [-0.1, -0.05) is 48.5 Å². The zero-order valence-electron chi connectivity index (χ0n) is 23.9. The number of aromatic nitrogens is 2. The summed E-state index contributed by atoms with van der Waals surface area (Å²) < 4.78 is 7.33. The minimum Gasteiger partial charge on any atom is -0.492 e.